The lowest BCUT2D eigenvalue weighted by Gasteiger charge is -2.16. The summed E-state index contributed by atoms with van der Waals surface area (Å²) >= 11 is 1.78. The summed E-state index contributed by atoms with van der Waals surface area (Å²) in [5, 5.41) is 1.13. The average Bonchev–Trinajstić information content (AvgIpc) is 3.26. The van der Waals surface area contributed by atoms with Gasteiger partial charge in [-0.2, -0.15) is 0 Å². The first-order valence-corrected chi connectivity index (χ1v) is 10.0. The van der Waals surface area contributed by atoms with Crippen molar-refractivity contribution in [1.82, 2.24) is 14.8 Å². The van der Waals surface area contributed by atoms with Crippen molar-refractivity contribution in [2.24, 2.45) is 0 Å². The van der Waals surface area contributed by atoms with Crippen LogP contribution in [0.25, 0.3) is 0 Å². The molecule has 0 aliphatic carbocycles. The van der Waals surface area contributed by atoms with Gasteiger partial charge in [0.1, 0.15) is 23.5 Å². The fraction of sp³-hybridized carbons (Fsp3) is 0.550. The third kappa shape index (κ3) is 5.77. The first-order chi connectivity index (χ1) is 12.6. The van der Waals surface area contributed by atoms with Gasteiger partial charge in [-0.05, 0) is 51.7 Å². The summed E-state index contributed by atoms with van der Waals surface area (Å²) in [6.45, 7) is 4.28. The fourth-order valence-corrected chi connectivity index (χ4v) is 4.11. The molecule has 1 fully saturated rings. The highest BCUT2D eigenvalue weighted by molar-refractivity contribution is 7.11. The van der Waals surface area contributed by atoms with E-state index < -0.39 is 0 Å². The van der Waals surface area contributed by atoms with Gasteiger partial charge in [-0.15, -0.1) is 11.3 Å². The summed E-state index contributed by atoms with van der Waals surface area (Å²) < 4.78 is 11.6. The van der Waals surface area contributed by atoms with Gasteiger partial charge < -0.3 is 14.4 Å². The van der Waals surface area contributed by atoms with E-state index in [9.17, 15) is 0 Å². The number of nitrogens with zero attached hydrogens (tertiary/aromatic N) is 3. The zero-order valence-corrected chi connectivity index (χ0v) is 16.8. The van der Waals surface area contributed by atoms with Crippen LogP contribution < -0.4 is 4.74 Å². The molecule has 1 aliphatic heterocycles. The number of ether oxygens (including phenoxy) is 2. The summed E-state index contributed by atoms with van der Waals surface area (Å²) in [4.78, 5) is 10.3. The molecule has 0 saturated carbocycles. The second-order valence-corrected chi connectivity index (χ2v) is 8.28. The van der Waals surface area contributed by atoms with E-state index in [1.165, 1.54) is 10.4 Å². The van der Waals surface area contributed by atoms with Crippen molar-refractivity contribution in [3.05, 3.63) is 45.9 Å². The molecule has 0 N–H and O–H groups in total. The van der Waals surface area contributed by atoms with Crippen LogP contribution in [0.1, 0.15) is 34.4 Å². The van der Waals surface area contributed by atoms with Crippen LogP contribution in [0.5, 0.6) is 5.75 Å². The van der Waals surface area contributed by atoms with E-state index in [1.807, 2.05) is 12.3 Å². The van der Waals surface area contributed by atoms with Crippen molar-refractivity contribution in [2.75, 3.05) is 40.9 Å². The standard InChI is InChI=1S/C20H29N3O2S/c1-22(2)9-11-24-17-7-4-6-16(12-17)14-23(3)15-18-13-21-20(26-18)19-8-5-10-25-19/h4,6-7,12-13,19H,5,8-11,14-15H2,1-3H3. The van der Waals surface area contributed by atoms with Crippen LogP contribution in [0.4, 0.5) is 0 Å². The van der Waals surface area contributed by atoms with Crippen LogP contribution >= 0.6 is 11.3 Å². The molecule has 1 aromatic heterocycles. The highest BCUT2D eigenvalue weighted by atomic mass is 32.1. The van der Waals surface area contributed by atoms with Crippen LogP contribution in [-0.4, -0.2) is 55.7 Å². The second kappa shape index (κ2) is 9.46. The minimum Gasteiger partial charge on any atom is -0.492 e. The average molecular weight is 376 g/mol. The van der Waals surface area contributed by atoms with E-state index in [1.54, 1.807) is 11.3 Å². The van der Waals surface area contributed by atoms with Crippen molar-refractivity contribution in [2.45, 2.75) is 32.0 Å². The molecule has 2 aromatic rings. The topological polar surface area (TPSA) is 37.8 Å². The third-order valence-electron chi connectivity index (χ3n) is 4.36. The minimum absolute atomic E-state index is 0.218. The highest BCUT2D eigenvalue weighted by Crippen LogP contribution is 2.31. The Bertz CT molecular complexity index is 683. The SMILES string of the molecule is CN(C)CCOc1cccc(CN(C)Cc2cnc(C3CCCO3)s2)c1. The molecule has 5 nitrogen and oxygen atoms in total. The summed E-state index contributed by atoms with van der Waals surface area (Å²) in [6.07, 6.45) is 4.46. The zero-order chi connectivity index (χ0) is 18.4. The third-order valence-corrected chi connectivity index (χ3v) is 5.43. The minimum atomic E-state index is 0.218. The Hall–Kier alpha value is -1.47. The molecule has 1 unspecified atom stereocenters. The molecule has 0 bridgehead atoms. The van der Waals surface area contributed by atoms with E-state index in [0.29, 0.717) is 6.61 Å². The van der Waals surface area contributed by atoms with Crippen LogP contribution in [0, 0.1) is 0 Å². The predicted molar refractivity (Wildman–Crippen MR) is 106 cm³/mol. The summed E-state index contributed by atoms with van der Waals surface area (Å²) in [6, 6.07) is 8.38. The van der Waals surface area contributed by atoms with Crippen molar-refractivity contribution < 1.29 is 9.47 Å². The van der Waals surface area contributed by atoms with Gasteiger partial charge in [0.05, 0.1) is 0 Å². The lowest BCUT2D eigenvalue weighted by molar-refractivity contribution is 0.111. The maximum absolute atomic E-state index is 5.84. The van der Waals surface area contributed by atoms with Gasteiger partial charge in [-0.1, -0.05) is 12.1 Å². The number of aromatic nitrogens is 1. The largest absolute Gasteiger partial charge is 0.492 e. The highest BCUT2D eigenvalue weighted by Gasteiger charge is 2.21. The van der Waals surface area contributed by atoms with Gasteiger partial charge in [0, 0.05) is 37.3 Å². The van der Waals surface area contributed by atoms with Crippen molar-refractivity contribution in [1.29, 1.82) is 0 Å². The maximum Gasteiger partial charge on any atom is 0.122 e. The lowest BCUT2D eigenvalue weighted by Crippen LogP contribution is -2.19. The number of likely N-dealkylation sites (N-methyl/N-ethyl adjacent to an activating group) is 1. The lowest BCUT2D eigenvalue weighted by atomic mass is 10.2. The second-order valence-electron chi connectivity index (χ2n) is 7.14. The molecule has 6 heteroatoms. The Balaban J connectivity index is 1.50. The van der Waals surface area contributed by atoms with E-state index in [-0.39, 0.29) is 6.10 Å². The molecular weight excluding hydrogens is 346 g/mol. The van der Waals surface area contributed by atoms with E-state index in [0.717, 1.165) is 49.8 Å². The zero-order valence-electron chi connectivity index (χ0n) is 16.0. The van der Waals surface area contributed by atoms with Gasteiger partial charge in [-0.3, -0.25) is 4.90 Å². The summed E-state index contributed by atoms with van der Waals surface area (Å²) in [7, 11) is 6.25. The first-order valence-electron chi connectivity index (χ1n) is 9.21. The van der Waals surface area contributed by atoms with E-state index >= 15 is 0 Å². The molecule has 1 atom stereocenters. The smallest absolute Gasteiger partial charge is 0.122 e. The van der Waals surface area contributed by atoms with Gasteiger partial charge in [-0.25, -0.2) is 4.98 Å². The van der Waals surface area contributed by atoms with Gasteiger partial charge in [0.2, 0.25) is 0 Å². The van der Waals surface area contributed by atoms with E-state index in [4.69, 9.17) is 9.47 Å². The van der Waals surface area contributed by atoms with Gasteiger partial charge in [0.15, 0.2) is 0 Å². The van der Waals surface area contributed by atoms with Crippen molar-refractivity contribution in [3.63, 3.8) is 0 Å². The fourth-order valence-electron chi connectivity index (χ4n) is 3.03. The summed E-state index contributed by atoms with van der Waals surface area (Å²) in [5.41, 5.74) is 1.26. The molecular formula is C20H29N3O2S. The van der Waals surface area contributed by atoms with Crippen LogP contribution in [0.2, 0.25) is 0 Å². The molecule has 3 rings (SSSR count). The molecule has 26 heavy (non-hydrogen) atoms. The maximum atomic E-state index is 5.84. The molecule has 1 aromatic carbocycles. The van der Waals surface area contributed by atoms with Crippen LogP contribution in [0.15, 0.2) is 30.5 Å². The monoisotopic (exact) mass is 375 g/mol. The Kier molecular flexibility index (Phi) is 7.02. The first kappa shape index (κ1) is 19.3. The number of hydrogen-bond acceptors (Lipinski definition) is 6. The number of rotatable bonds is 9. The molecule has 1 saturated heterocycles. The van der Waals surface area contributed by atoms with Crippen LogP contribution in [0.3, 0.4) is 0 Å². The molecule has 1 aliphatic rings. The number of benzene rings is 1. The summed E-state index contributed by atoms with van der Waals surface area (Å²) in [5.74, 6) is 0.941. The van der Waals surface area contributed by atoms with Gasteiger partial charge in [0.25, 0.3) is 0 Å². The Labute approximate surface area is 160 Å². The van der Waals surface area contributed by atoms with Gasteiger partial charge >= 0.3 is 0 Å². The molecule has 0 spiro atoms. The Morgan fingerprint density at radius 1 is 1.27 bits per heavy atom. The molecule has 142 valence electrons. The normalized spacial score (nSPS) is 17.3. The Morgan fingerprint density at radius 2 is 2.15 bits per heavy atom. The van der Waals surface area contributed by atoms with Crippen LogP contribution in [-0.2, 0) is 17.8 Å². The van der Waals surface area contributed by atoms with Crippen molar-refractivity contribution >= 4 is 11.3 Å². The molecule has 0 amide bonds. The Morgan fingerprint density at radius 3 is 2.92 bits per heavy atom. The quantitative estimate of drug-likeness (QED) is 0.670. The number of hydrogen-bond donors (Lipinski definition) is 0. The number of thiazole rings is 1. The van der Waals surface area contributed by atoms with E-state index in [2.05, 4.69) is 54.1 Å². The predicted octanol–water partition coefficient (Wildman–Crippen LogP) is 3.57. The molecule has 2 heterocycles. The molecule has 0 radical (unpaired) electrons. The van der Waals surface area contributed by atoms with Crippen molar-refractivity contribution in [3.8, 4) is 5.75 Å².